The summed E-state index contributed by atoms with van der Waals surface area (Å²) in [5.74, 6) is 0. The first kappa shape index (κ1) is 12.1. The van der Waals surface area contributed by atoms with Crippen LogP contribution in [0.15, 0.2) is 41.2 Å². The Labute approximate surface area is 120 Å². The summed E-state index contributed by atoms with van der Waals surface area (Å²) in [6.07, 6.45) is 0. The van der Waals surface area contributed by atoms with Gasteiger partial charge in [-0.05, 0) is 46.9 Å². The zero-order valence-electron chi connectivity index (χ0n) is 9.51. The van der Waals surface area contributed by atoms with Gasteiger partial charge in [0.15, 0.2) is 5.43 Å². The molecule has 1 aromatic heterocycles. The molecule has 0 spiro atoms. The molecule has 1 heterocycles. The third-order valence-electron chi connectivity index (χ3n) is 2.95. The monoisotopic (exact) mass is 366 g/mol. The van der Waals surface area contributed by atoms with Gasteiger partial charge >= 0.3 is 0 Å². The molecule has 19 heavy (non-hydrogen) atoms. The van der Waals surface area contributed by atoms with Crippen LogP contribution in [0.5, 0.6) is 0 Å². The molecular formula is C13H7IN2O3. The molecular weight excluding hydrogens is 359 g/mol. The first-order valence-corrected chi connectivity index (χ1v) is 6.54. The maximum absolute atomic E-state index is 12.4. The number of rotatable bonds is 1. The Bertz CT molecular complexity index is 886. The average Bonchev–Trinajstić information content (AvgIpc) is 2.39. The highest BCUT2D eigenvalue weighted by molar-refractivity contribution is 14.1. The van der Waals surface area contributed by atoms with E-state index in [-0.39, 0.29) is 11.1 Å². The van der Waals surface area contributed by atoms with Crippen molar-refractivity contribution in [2.45, 2.75) is 0 Å². The van der Waals surface area contributed by atoms with Crippen molar-refractivity contribution in [3.8, 4) is 0 Å². The van der Waals surface area contributed by atoms with Gasteiger partial charge in [0.2, 0.25) is 0 Å². The molecule has 0 aliphatic heterocycles. The van der Waals surface area contributed by atoms with Crippen LogP contribution in [-0.4, -0.2) is 9.91 Å². The number of fused-ring (bicyclic) bond motifs is 2. The summed E-state index contributed by atoms with van der Waals surface area (Å²) in [5, 5.41) is 11.6. The molecule has 3 aromatic rings. The molecule has 2 aromatic carbocycles. The van der Waals surface area contributed by atoms with Crippen molar-refractivity contribution in [1.29, 1.82) is 0 Å². The van der Waals surface area contributed by atoms with E-state index in [1.165, 1.54) is 12.1 Å². The maximum Gasteiger partial charge on any atom is 0.270 e. The summed E-state index contributed by atoms with van der Waals surface area (Å²) < 4.78 is 0.945. The fraction of sp³-hybridized carbons (Fsp3) is 0. The highest BCUT2D eigenvalue weighted by Crippen LogP contribution is 2.20. The Hall–Kier alpha value is -1.96. The minimum Gasteiger partial charge on any atom is -0.354 e. The van der Waals surface area contributed by atoms with Gasteiger partial charge < -0.3 is 4.98 Å². The summed E-state index contributed by atoms with van der Waals surface area (Å²) in [6, 6.07) is 9.76. The van der Waals surface area contributed by atoms with Crippen molar-refractivity contribution in [1.82, 2.24) is 4.98 Å². The fourth-order valence-corrected chi connectivity index (χ4v) is 2.54. The summed E-state index contributed by atoms with van der Waals surface area (Å²) in [6.45, 7) is 0. The van der Waals surface area contributed by atoms with Crippen LogP contribution in [0.1, 0.15) is 0 Å². The minimum atomic E-state index is -0.502. The molecule has 0 fully saturated rings. The van der Waals surface area contributed by atoms with Gasteiger partial charge in [0.1, 0.15) is 0 Å². The molecule has 6 heteroatoms. The normalized spacial score (nSPS) is 11.0. The van der Waals surface area contributed by atoms with E-state index in [0.29, 0.717) is 16.3 Å². The topological polar surface area (TPSA) is 76.0 Å². The minimum absolute atomic E-state index is 0.0806. The Morgan fingerprint density at radius 2 is 1.68 bits per heavy atom. The number of hydrogen-bond donors (Lipinski definition) is 1. The van der Waals surface area contributed by atoms with Crippen molar-refractivity contribution in [2.24, 2.45) is 0 Å². The third kappa shape index (κ3) is 1.97. The molecule has 0 amide bonds. The number of benzene rings is 2. The molecule has 1 N–H and O–H groups in total. The number of nitro benzene ring substituents is 1. The molecule has 0 saturated carbocycles. The number of nitro groups is 1. The zero-order chi connectivity index (χ0) is 13.6. The van der Waals surface area contributed by atoms with Gasteiger partial charge in [0.05, 0.1) is 15.8 Å². The van der Waals surface area contributed by atoms with Crippen molar-refractivity contribution in [2.75, 3.05) is 0 Å². The van der Waals surface area contributed by atoms with E-state index in [2.05, 4.69) is 27.6 Å². The van der Waals surface area contributed by atoms with Crippen molar-refractivity contribution in [3.05, 3.63) is 60.3 Å². The molecule has 94 valence electrons. The SMILES string of the molecule is O=c1c2cc(I)ccc2[nH]c2ccc([N+](=O)[O-])cc12. The molecule has 3 rings (SSSR count). The van der Waals surface area contributed by atoms with Gasteiger partial charge in [-0.2, -0.15) is 0 Å². The van der Waals surface area contributed by atoms with Crippen LogP contribution in [0.25, 0.3) is 21.8 Å². The smallest absolute Gasteiger partial charge is 0.270 e. The van der Waals surface area contributed by atoms with Gasteiger partial charge in [-0.25, -0.2) is 0 Å². The second-order valence-electron chi connectivity index (χ2n) is 4.13. The molecule has 5 nitrogen and oxygen atoms in total. The average molecular weight is 366 g/mol. The Kier molecular flexibility index (Phi) is 2.74. The summed E-state index contributed by atoms with van der Waals surface area (Å²) >= 11 is 2.12. The summed E-state index contributed by atoms with van der Waals surface area (Å²) in [7, 11) is 0. The Morgan fingerprint density at radius 1 is 1.05 bits per heavy atom. The van der Waals surface area contributed by atoms with Gasteiger partial charge in [0, 0.05) is 26.6 Å². The van der Waals surface area contributed by atoms with Crippen molar-refractivity contribution < 1.29 is 4.92 Å². The maximum atomic E-state index is 12.4. The summed E-state index contributed by atoms with van der Waals surface area (Å²) in [5.41, 5.74) is 1.06. The lowest BCUT2D eigenvalue weighted by Gasteiger charge is -2.03. The fourth-order valence-electron chi connectivity index (χ4n) is 2.05. The van der Waals surface area contributed by atoms with Crippen LogP contribution in [0.3, 0.4) is 0 Å². The first-order valence-electron chi connectivity index (χ1n) is 5.46. The molecule has 0 radical (unpaired) electrons. The number of nitrogens with zero attached hydrogens (tertiary/aromatic N) is 1. The quantitative estimate of drug-likeness (QED) is 0.311. The van der Waals surface area contributed by atoms with Crippen LogP contribution in [0.2, 0.25) is 0 Å². The van der Waals surface area contributed by atoms with Crippen LogP contribution < -0.4 is 5.43 Å². The largest absolute Gasteiger partial charge is 0.354 e. The number of non-ortho nitro benzene ring substituents is 1. The number of aromatic nitrogens is 1. The lowest BCUT2D eigenvalue weighted by Crippen LogP contribution is -2.05. The standard InChI is InChI=1S/C13H7IN2O3/c14-7-1-3-11-9(5-7)13(17)10-6-8(16(18)19)2-4-12(10)15-11/h1-6H,(H,15,17). The van der Waals surface area contributed by atoms with Gasteiger partial charge in [-0.1, -0.05) is 0 Å². The molecule has 0 aliphatic carbocycles. The number of hydrogen-bond acceptors (Lipinski definition) is 3. The van der Waals surface area contributed by atoms with Crippen molar-refractivity contribution in [3.63, 3.8) is 0 Å². The summed E-state index contributed by atoms with van der Waals surface area (Å²) in [4.78, 5) is 25.8. The number of nitrogens with one attached hydrogen (secondary N) is 1. The lowest BCUT2D eigenvalue weighted by molar-refractivity contribution is -0.384. The molecule has 0 unspecified atom stereocenters. The number of H-pyrrole nitrogens is 1. The Morgan fingerprint density at radius 3 is 2.37 bits per heavy atom. The predicted molar refractivity (Wildman–Crippen MR) is 81.4 cm³/mol. The second-order valence-corrected chi connectivity index (χ2v) is 5.38. The first-order chi connectivity index (χ1) is 9.06. The van der Waals surface area contributed by atoms with Crippen LogP contribution in [0.4, 0.5) is 5.69 Å². The number of halogens is 1. The lowest BCUT2D eigenvalue weighted by atomic mass is 10.1. The highest BCUT2D eigenvalue weighted by atomic mass is 127. The van der Waals surface area contributed by atoms with E-state index < -0.39 is 4.92 Å². The van der Waals surface area contributed by atoms with E-state index in [0.717, 1.165) is 9.09 Å². The van der Waals surface area contributed by atoms with E-state index >= 15 is 0 Å². The van der Waals surface area contributed by atoms with Gasteiger partial charge in [0.25, 0.3) is 5.69 Å². The van der Waals surface area contributed by atoms with Gasteiger partial charge in [-0.15, -0.1) is 0 Å². The molecule has 0 bridgehead atoms. The van der Waals surface area contributed by atoms with Crippen LogP contribution in [0, 0.1) is 13.7 Å². The molecule has 0 atom stereocenters. The van der Waals surface area contributed by atoms with Crippen molar-refractivity contribution >= 4 is 50.1 Å². The second kappa shape index (κ2) is 4.30. The Balaban J connectivity index is 2.48. The predicted octanol–water partition coefficient (Wildman–Crippen LogP) is 3.19. The molecule has 0 aliphatic rings. The molecule has 0 saturated heterocycles. The van der Waals surface area contributed by atoms with E-state index in [4.69, 9.17) is 0 Å². The number of pyridine rings is 1. The van der Waals surface area contributed by atoms with E-state index in [9.17, 15) is 14.9 Å². The zero-order valence-corrected chi connectivity index (χ0v) is 11.7. The van der Waals surface area contributed by atoms with E-state index in [1.807, 2.05) is 12.1 Å². The van der Waals surface area contributed by atoms with Gasteiger partial charge in [-0.3, -0.25) is 14.9 Å². The van der Waals surface area contributed by atoms with Crippen LogP contribution >= 0.6 is 22.6 Å². The van der Waals surface area contributed by atoms with Crippen LogP contribution in [-0.2, 0) is 0 Å². The number of aromatic amines is 1. The van der Waals surface area contributed by atoms with E-state index in [1.54, 1.807) is 12.1 Å². The third-order valence-corrected chi connectivity index (χ3v) is 3.63. The highest BCUT2D eigenvalue weighted by Gasteiger charge is 2.11.